The first-order valence-electron chi connectivity index (χ1n) is 19.2. The summed E-state index contributed by atoms with van der Waals surface area (Å²) in [6, 6.07) is 23.7. The van der Waals surface area contributed by atoms with Crippen LogP contribution >= 0.6 is 0 Å². The van der Waals surface area contributed by atoms with Gasteiger partial charge in [0.25, 0.3) is 0 Å². The number of fused-ring (bicyclic) bond motifs is 4. The minimum absolute atomic E-state index is 0.0333. The number of amides is 2. The Hall–Kier alpha value is -5.37. The van der Waals surface area contributed by atoms with E-state index in [1.807, 2.05) is 78.9 Å². The average Bonchev–Trinajstić information content (AvgIpc) is 3.73. The lowest BCUT2D eigenvalue weighted by atomic mass is 9.79. The first-order valence-corrected chi connectivity index (χ1v) is 22.9. The number of carbonyl (C=O) groups excluding carboxylic acids is 2. The molecule has 3 aromatic carbocycles. The van der Waals surface area contributed by atoms with Gasteiger partial charge in [-0.15, -0.1) is 5.10 Å². The van der Waals surface area contributed by atoms with E-state index in [1.165, 1.54) is 18.2 Å². The molecule has 2 aliphatic heterocycles. The lowest BCUT2D eigenvalue weighted by molar-refractivity contribution is -0.139. The molecule has 2 amide bonds. The Bertz CT molecular complexity index is 2380. The number of benzene rings is 3. The zero-order valence-electron chi connectivity index (χ0n) is 32.8. The number of hydrogen-bond acceptors (Lipinski definition) is 11. The number of aromatic nitrogens is 3. The minimum atomic E-state index is -3.86. The summed E-state index contributed by atoms with van der Waals surface area (Å²) in [6.45, 7) is -0.0258. The number of carboxylic acid groups (broad SMARTS) is 1. The number of ether oxygens (including phenoxy) is 2. The summed E-state index contributed by atoms with van der Waals surface area (Å²) in [5.41, 5.74) is 4.75. The van der Waals surface area contributed by atoms with Crippen molar-refractivity contribution >= 4 is 38.2 Å². The molecule has 4 aromatic rings. The maximum atomic E-state index is 13.2. The van der Waals surface area contributed by atoms with Gasteiger partial charge in [-0.2, -0.15) is 8.61 Å². The van der Waals surface area contributed by atoms with Crippen molar-refractivity contribution in [1.82, 2.24) is 33.8 Å². The highest BCUT2D eigenvalue weighted by molar-refractivity contribution is 7.88. The lowest BCUT2D eigenvalue weighted by Gasteiger charge is -2.51. The van der Waals surface area contributed by atoms with Crippen molar-refractivity contribution < 1.29 is 45.8 Å². The molecule has 1 aliphatic carbocycles. The third kappa shape index (κ3) is 9.59. The molecule has 7 rings (SSSR count). The summed E-state index contributed by atoms with van der Waals surface area (Å²) < 4.78 is 67.8. The molecule has 1 saturated heterocycles. The molecule has 19 heteroatoms. The number of likely N-dealkylation sites (tertiary alicyclic amines) is 1. The molecule has 1 spiro atoms. The van der Waals surface area contributed by atoms with Crippen LogP contribution in [0.3, 0.4) is 0 Å². The van der Waals surface area contributed by atoms with Crippen LogP contribution in [0.4, 0.5) is 9.59 Å². The Morgan fingerprint density at radius 2 is 1.41 bits per heavy atom. The zero-order chi connectivity index (χ0) is 42.0. The number of sulfonamides is 2. The summed E-state index contributed by atoms with van der Waals surface area (Å²) in [4.78, 5) is 39.4. The highest BCUT2D eigenvalue weighted by Crippen LogP contribution is 2.44. The molecule has 3 aliphatic rings. The molecular formula is C40H47N7O10S2. The summed E-state index contributed by atoms with van der Waals surface area (Å²) in [6.07, 6.45) is 1.49. The van der Waals surface area contributed by atoms with Crippen LogP contribution in [0.2, 0.25) is 0 Å². The van der Waals surface area contributed by atoms with E-state index in [0.29, 0.717) is 18.5 Å². The van der Waals surface area contributed by atoms with Crippen molar-refractivity contribution in [3.8, 4) is 11.1 Å². The SMILES string of the molecule is CS(=O)(=O)N1Cc2nnn(CCCC[C@H](NC(=O)OCC3c4ccccc4-c4ccccc43)C(=O)O)c2CN(S(C)(=O)=O)CC2(CN(C(=O)OCc3ccccc3)C2)C1. The third-order valence-electron chi connectivity index (χ3n) is 11.1. The number of rotatable bonds is 13. The second-order valence-corrected chi connectivity index (χ2v) is 19.5. The van der Waals surface area contributed by atoms with Crippen LogP contribution in [-0.4, -0.2) is 120 Å². The molecule has 1 atom stereocenters. The smallest absolute Gasteiger partial charge is 0.410 e. The molecule has 0 radical (unpaired) electrons. The van der Waals surface area contributed by atoms with Crippen LogP contribution in [0.5, 0.6) is 0 Å². The molecule has 1 aromatic heterocycles. The summed E-state index contributed by atoms with van der Waals surface area (Å²) in [7, 11) is -7.69. The van der Waals surface area contributed by atoms with E-state index in [0.717, 1.165) is 40.3 Å². The molecule has 314 valence electrons. The van der Waals surface area contributed by atoms with Crippen molar-refractivity contribution in [2.45, 2.75) is 57.5 Å². The van der Waals surface area contributed by atoms with Crippen LogP contribution in [0.25, 0.3) is 11.1 Å². The number of aliphatic carboxylic acids is 1. The van der Waals surface area contributed by atoms with Crippen molar-refractivity contribution in [3.05, 3.63) is 107 Å². The number of carboxylic acids is 1. The van der Waals surface area contributed by atoms with Crippen molar-refractivity contribution in [2.24, 2.45) is 5.41 Å². The maximum Gasteiger partial charge on any atom is 0.410 e. The van der Waals surface area contributed by atoms with Crippen molar-refractivity contribution in [1.29, 1.82) is 0 Å². The fourth-order valence-corrected chi connectivity index (χ4v) is 9.84. The third-order valence-corrected chi connectivity index (χ3v) is 13.5. The number of aryl methyl sites for hydroxylation is 1. The van der Waals surface area contributed by atoms with Gasteiger partial charge < -0.3 is 24.8 Å². The number of nitrogens with zero attached hydrogens (tertiary/aromatic N) is 6. The van der Waals surface area contributed by atoms with E-state index in [-0.39, 0.29) is 77.1 Å². The number of alkyl carbamates (subject to hydrolysis) is 1. The Balaban J connectivity index is 0.973. The number of unbranched alkanes of at least 4 members (excludes halogenated alkanes) is 1. The van der Waals surface area contributed by atoms with Gasteiger partial charge in [0.05, 0.1) is 31.3 Å². The summed E-state index contributed by atoms with van der Waals surface area (Å²) in [5, 5.41) is 20.9. The molecule has 3 heterocycles. The predicted octanol–water partition coefficient (Wildman–Crippen LogP) is 3.62. The van der Waals surface area contributed by atoms with Crippen molar-refractivity contribution in [3.63, 3.8) is 0 Å². The van der Waals surface area contributed by atoms with Crippen molar-refractivity contribution in [2.75, 3.05) is 45.3 Å². The largest absolute Gasteiger partial charge is 0.480 e. The second-order valence-electron chi connectivity index (χ2n) is 15.5. The average molecular weight is 850 g/mol. The molecule has 17 nitrogen and oxygen atoms in total. The molecule has 1 fully saturated rings. The van der Waals surface area contributed by atoms with Gasteiger partial charge in [0, 0.05) is 44.1 Å². The Morgan fingerprint density at radius 3 is 2.02 bits per heavy atom. The van der Waals surface area contributed by atoms with E-state index in [2.05, 4.69) is 15.6 Å². The van der Waals surface area contributed by atoms with Gasteiger partial charge in [0.2, 0.25) is 20.0 Å². The van der Waals surface area contributed by atoms with E-state index < -0.39 is 49.7 Å². The fraction of sp³-hybridized carbons (Fsp3) is 0.425. The minimum Gasteiger partial charge on any atom is -0.480 e. The number of nitrogens with one attached hydrogen (secondary N) is 1. The lowest BCUT2D eigenvalue weighted by Crippen LogP contribution is -2.66. The van der Waals surface area contributed by atoms with Crippen LogP contribution in [0.15, 0.2) is 78.9 Å². The van der Waals surface area contributed by atoms with Crippen LogP contribution in [0.1, 0.15) is 53.3 Å². The first-order chi connectivity index (χ1) is 28.1. The standard InChI is InChI=1S/C40H47N7O10S2/c1-58(52,53)45-20-35-36(21-46(59(2,54)55)27-40(26-45)24-44(25-40)39(51)57-22-28-12-4-3-5-13-28)47(43-42-35)19-11-10-18-34(37(48)49)41-38(50)56-23-33-31-16-8-6-14-29(31)30-15-7-9-17-32(30)33/h3-9,12-17,33-34H,10-11,18-27H2,1-2H3,(H,41,50)(H,48,49)/t34-/m0/s1. The monoisotopic (exact) mass is 849 g/mol. The van der Waals surface area contributed by atoms with Gasteiger partial charge in [-0.05, 0) is 47.1 Å². The second kappa shape index (κ2) is 17.1. The Kier molecular flexibility index (Phi) is 12.1. The van der Waals surface area contributed by atoms with Gasteiger partial charge in [-0.25, -0.2) is 35.9 Å². The number of carbonyl (C=O) groups is 3. The first kappa shape index (κ1) is 41.8. The molecular weight excluding hydrogens is 803 g/mol. The molecule has 2 N–H and O–H groups in total. The molecule has 59 heavy (non-hydrogen) atoms. The van der Waals surface area contributed by atoms with Gasteiger partial charge in [0.15, 0.2) is 0 Å². The quantitative estimate of drug-likeness (QED) is 0.185. The van der Waals surface area contributed by atoms with Crippen LogP contribution in [-0.2, 0) is 60.6 Å². The van der Waals surface area contributed by atoms with Crippen LogP contribution < -0.4 is 5.32 Å². The highest BCUT2D eigenvalue weighted by atomic mass is 32.2. The van der Waals surface area contributed by atoms with Crippen LogP contribution in [0, 0.1) is 5.41 Å². The van der Waals surface area contributed by atoms with Gasteiger partial charge >= 0.3 is 18.2 Å². The molecule has 0 unspecified atom stereocenters. The van der Waals surface area contributed by atoms with Gasteiger partial charge in [-0.1, -0.05) is 84.1 Å². The molecule has 0 bridgehead atoms. The van der Waals surface area contributed by atoms with E-state index in [9.17, 15) is 36.3 Å². The van der Waals surface area contributed by atoms with E-state index in [1.54, 1.807) is 0 Å². The Morgan fingerprint density at radius 1 is 0.814 bits per heavy atom. The fourth-order valence-electron chi connectivity index (χ4n) is 8.11. The normalized spacial score (nSPS) is 17.4. The van der Waals surface area contributed by atoms with E-state index >= 15 is 0 Å². The summed E-state index contributed by atoms with van der Waals surface area (Å²) >= 11 is 0. The summed E-state index contributed by atoms with van der Waals surface area (Å²) in [5.74, 6) is -1.41. The van der Waals surface area contributed by atoms with E-state index in [4.69, 9.17) is 9.47 Å². The zero-order valence-corrected chi connectivity index (χ0v) is 34.4. The van der Waals surface area contributed by atoms with Gasteiger partial charge in [0.1, 0.15) is 24.9 Å². The maximum absolute atomic E-state index is 13.2. The number of hydrogen-bond donors (Lipinski definition) is 2. The van der Waals surface area contributed by atoms with Gasteiger partial charge in [-0.3, -0.25) is 0 Å². The topological polar surface area (TPSA) is 211 Å². The Labute approximate surface area is 343 Å². The predicted molar refractivity (Wildman–Crippen MR) is 215 cm³/mol. The molecule has 0 saturated carbocycles. The highest BCUT2D eigenvalue weighted by Gasteiger charge is 2.51.